The molecule has 5 nitrogen and oxygen atoms in total. The molecule has 2 N–H and O–H groups in total. The highest BCUT2D eigenvalue weighted by atomic mass is 32.1. The van der Waals surface area contributed by atoms with E-state index in [4.69, 9.17) is 21.7 Å². The maximum atomic E-state index is 12.1. The van der Waals surface area contributed by atoms with Crippen molar-refractivity contribution in [2.24, 2.45) is 0 Å². The highest BCUT2D eigenvalue weighted by molar-refractivity contribution is 7.80. The fourth-order valence-electron chi connectivity index (χ4n) is 2.80. The van der Waals surface area contributed by atoms with Crippen molar-refractivity contribution < 1.29 is 14.3 Å². The predicted molar refractivity (Wildman–Crippen MR) is 102 cm³/mol. The summed E-state index contributed by atoms with van der Waals surface area (Å²) in [7, 11) is 1.38. The monoisotopic (exact) mass is 362 g/mol. The van der Waals surface area contributed by atoms with Gasteiger partial charge in [0.25, 0.3) is 0 Å². The van der Waals surface area contributed by atoms with Gasteiger partial charge in [-0.3, -0.25) is 0 Å². The molecule has 1 aliphatic heterocycles. The number of carbonyl (C=O) groups is 1. The minimum Gasteiger partial charge on any atom is -0.494 e. The first-order valence-corrected chi connectivity index (χ1v) is 9.07. The molecule has 1 aliphatic rings. The fourth-order valence-corrected chi connectivity index (χ4v) is 3.07. The second-order valence-corrected chi connectivity index (χ2v) is 6.45. The van der Waals surface area contributed by atoms with Crippen LogP contribution in [-0.2, 0) is 9.53 Å². The van der Waals surface area contributed by atoms with E-state index in [0.29, 0.717) is 16.4 Å². The van der Waals surface area contributed by atoms with Gasteiger partial charge in [0.05, 0.1) is 25.3 Å². The molecule has 25 heavy (non-hydrogen) atoms. The molecular weight excluding hydrogens is 336 g/mol. The molecule has 0 aromatic heterocycles. The zero-order chi connectivity index (χ0) is 18.2. The van der Waals surface area contributed by atoms with E-state index in [1.54, 1.807) is 0 Å². The zero-order valence-electron chi connectivity index (χ0n) is 15.1. The Morgan fingerprint density at radius 1 is 1.20 bits per heavy atom. The number of rotatable bonds is 8. The lowest BCUT2D eigenvalue weighted by Gasteiger charge is -2.29. The second kappa shape index (κ2) is 9.42. The Kier molecular flexibility index (Phi) is 7.25. The van der Waals surface area contributed by atoms with Crippen molar-refractivity contribution in [2.45, 2.75) is 45.6 Å². The lowest BCUT2D eigenvalue weighted by Crippen LogP contribution is -2.45. The third kappa shape index (κ3) is 5.19. The van der Waals surface area contributed by atoms with Crippen LogP contribution in [-0.4, -0.2) is 24.8 Å². The molecule has 6 heteroatoms. The number of hydrogen-bond donors (Lipinski definition) is 2. The first kappa shape index (κ1) is 19.2. The van der Waals surface area contributed by atoms with Crippen molar-refractivity contribution in [3.63, 3.8) is 0 Å². The molecule has 0 saturated heterocycles. The molecule has 0 aliphatic carbocycles. The Morgan fingerprint density at radius 2 is 1.92 bits per heavy atom. The van der Waals surface area contributed by atoms with Crippen molar-refractivity contribution in [3.05, 3.63) is 41.1 Å². The summed E-state index contributed by atoms with van der Waals surface area (Å²) in [6, 6.07) is 7.41. The molecule has 0 saturated carbocycles. The van der Waals surface area contributed by atoms with Crippen LogP contribution >= 0.6 is 12.2 Å². The molecule has 0 radical (unpaired) electrons. The van der Waals surface area contributed by atoms with Crippen LogP contribution in [0.1, 0.15) is 51.1 Å². The van der Waals surface area contributed by atoms with Crippen molar-refractivity contribution in [1.29, 1.82) is 0 Å². The maximum absolute atomic E-state index is 12.1. The second-order valence-electron chi connectivity index (χ2n) is 6.04. The predicted octanol–water partition coefficient (Wildman–Crippen LogP) is 3.61. The number of allylic oxidation sites excluding steroid dienone is 1. The molecule has 1 aromatic rings. The number of ether oxygens (including phenoxy) is 2. The van der Waals surface area contributed by atoms with Crippen LogP contribution in [0.25, 0.3) is 0 Å². The summed E-state index contributed by atoms with van der Waals surface area (Å²) in [6.45, 7) is 4.74. The summed E-state index contributed by atoms with van der Waals surface area (Å²) in [5.74, 6) is 0.457. The average molecular weight is 362 g/mol. The van der Waals surface area contributed by atoms with E-state index in [1.807, 2.05) is 31.2 Å². The van der Waals surface area contributed by atoms with Crippen LogP contribution in [0, 0.1) is 0 Å². The van der Waals surface area contributed by atoms with Gasteiger partial charge in [-0.05, 0) is 43.3 Å². The van der Waals surface area contributed by atoms with Crippen molar-refractivity contribution in [1.82, 2.24) is 10.6 Å². The summed E-state index contributed by atoms with van der Waals surface area (Å²) < 4.78 is 10.7. The molecular formula is C19H26N2O3S. The van der Waals surface area contributed by atoms with Crippen molar-refractivity contribution >= 4 is 23.3 Å². The van der Waals surface area contributed by atoms with Gasteiger partial charge in [-0.25, -0.2) is 4.79 Å². The van der Waals surface area contributed by atoms with Gasteiger partial charge in [0.15, 0.2) is 5.11 Å². The Morgan fingerprint density at radius 3 is 2.56 bits per heavy atom. The van der Waals surface area contributed by atoms with Crippen LogP contribution in [0.15, 0.2) is 35.5 Å². The Balaban J connectivity index is 2.08. The zero-order valence-corrected chi connectivity index (χ0v) is 15.9. The van der Waals surface area contributed by atoms with Crippen molar-refractivity contribution in [3.8, 4) is 5.75 Å². The molecule has 1 atom stereocenters. The highest BCUT2D eigenvalue weighted by Gasteiger charge is 2.30. The van der Waals surface area contributed by atoms with Gasteiger partial charge in [0.2, 0.25) is 0 Å². The van der Waals surface area contributed by atoms with E-state index < -0.39 is 0 Å². The molecule has 136 valence electrons. The maximum Gasteiger partial charge on any atom is 0.337 e. The fraction of sp³-hybridized carbons (Fsp3) is 0.474. The summed E-state index contributed by atoms with van der Waals surface area (Å²) in [5.41, 5.74) is 2.17. The van der Waals surface area contributed by atoms with Gasteiger partial charge in [-0.2, -0.15) is 0 Å². The minimum absolute atomic E-state index is 0.334. The molecule has 0 spiro atoms. The number of thiocarbonyl (C=S) groups is 1. The third-order valence-corrected chi connectivity index (χ3v) is 4.37. The van der Waals surface area contributed by atoms with E-state index in [9.17, 15) is 4.79 Å². The van der Waals surface area contributed by atoms with E-state index >= 15 is 0 Å². The average Bonchev–Trinajstić information content (AvgIpc) is 2.61. The number of hydrogen-bond acceptors (Lipinski definition) is 4. The number of carbonyl (C=O) groups excluding carboxylic acids is 1. The number of benzene rings is 1. The van der Waals surface area contributed by atoms with Gasteiger partial charge >= 0.3 is 5.97 Å². The lowest BCUT2D eigenvalue weighted by atomic mass is 9.95. The Hall–Kier alpha value is -2.08. The Labute approximate surface area is 154 Å². The molecule has 1 heterocycles. The van der Waals surface area contributed by atoms with E-state index in [0.717, 1.165) is 24.3 Å². The lowest BCUT2D eigenvalue weighted by molar-refractivity contribution is -0.136. The van der Waals surface area contributed by atoms with Crippen LogP contribution in [0.2, 0.25) is 0 Å². The van der Waals surface area contributed by atoms with Crippen LogP contribution in [0.5, 0.6) is 5.75 Å². The minimum atomic E-state index is -0.374. The van der Waals surface area contributed by atoms with E-state index in [1.165, 1.54) is 26.4 Å². The third-order valence-electron chi connectivity index (χ3n) is 4.15. The van der Waals surface area contributed by atoms with Gasteiger partial charge < -0.3 is 20.1 Å². The van der Waals surface area contributed by atoms with E-state index in [-0.39, 0.29) is 12.0 Å². The van der Waals surface area contributed by atoms with Crippen LogP contribution in [0.4, 0.5) is 0 Å². The Bertz CT molecular complexity index is 641. The van der Waals surface area contributed by atoms with Gasteiger partial charge in [0.1, 0.15) is 5.75 Å². The first-order chi connectivity index (χ1) is 12.1. The normalized spacial score (nSPS) is 16.9. The standard InChI is InChI=1S/C19H26N2O3S/c1-4-5-6-7-12-24-15-10-8-14(9-11-15)17-16(18(22)23-3)13(2)20-19(25)21-17/h8-11,17H,4-7,12H2,1-3H3,(H2,20,21,25)/t17-/m0/s1. The van der Waals surface area contributed by atoms with Gasteiger partial charge in [-0.15, -0.1) is 0 Å². The highest BCUT2D eigenvalue weighted by Crippen LogP contribution is 2.28. The van der Waals surface area contributed by atoms with E-state index in [2.05, 4.69) is 17.6 Å². The number of methoxy groups -OCH3 is 1. The van der Waals surface area contributed by atoms with Crippen molar-refractivity contribution in [2.75, 3.05) is 13.7 Å². The topological polar surface area (TPSA) is 59.6 Å². The molecule has 1 aromatic carbocycles. The molecule has 0 unspecified atom stereocenters. The SMILES string of the molecule is CCCCCCOc1ccc([C@@H]2NC(=S)NC(C)=C2C(=O)OC)cc1. The summed E-state index contributed by atoms with van der Waals surface area (Å²) >= 11 is 5.22. The summed E-state index contributed by atoms with van der Waals surface area (Å²) in [4.78, 5) is 12.1. The number of unbranched alkanes of at least 4 members (excludes halogenated alkanes) is 3. The van der Waals surface area contributed by atoms with Gasteiger partial charge in [0, 0.05) is 5.70 Å². The summed E-state index contributed by atoms with van der Waals surface area (Å²) in [5, 5.41) is 6.60. The van der Waals surface area contributed by atoms with Crippen LogP contribution in [0.3, 0.4) is 0 Å². The molecule has 0 bridgehead atoms. The number of nitrogens with one attached hydrogen (secondary N) is 2. The largest absolute Gasteiger partial charge is 0.494 e. The molecule has 2 rings (SSSR count). The smallest absolute Gasteiger partial charge is 0.337 e. The summed E-state index contributed by atoms with van der Waals surface area (Å²) in [6.07, 6.45) is 4.71. The van der Waals surface area contributed by atoms with Crippen LogP contribution < -0.4 is 15.4 Å². The molecule has 0 fully saturated rings. The van der Waals surface area contributed by atoms with Gasteiger partial charge in [-0.1, -0.05) is 38.3 Å². The quantitative estimate of drug-likeness (QED) is 0.418. The number of esters is 1. The molecule has 0 amide bonds. The first-order valence-electron chi connectivity index (χ1n) is 8.66.